The molecule has 0 aliphatic heterocycles. The lowest BCUT2D eigenvalue weighted by Gasteiger charge is -2.42. The van der Waals surface area contributed by atoms with E-state index in [-0.39, 0.29) is 6.04 Å². The van der Waals surface area contributed by atoms with Gasteiger partial charge in [0.25, 0.3) is 0 Å². The van der Waals surface area contributed by atoms with Gasteiger partial charge in [-0.1, -0.05) is 50.4 Å². The highest BCUT2D eigenvalue weighted by molar-refractivity contribution is 6.30. The van der Waals surface area contributed by atoms with Crippen molar-refractivity contribution in [3.63, 3.8) is 0 Å². The molecule has 94 valence electrons. The van der Waals surface area contributed by atoms with Crippen molar-refractivity contribution >= 4 is 11.6 Å². The van der Waals surface area contributed by atoms with Gasteiger partial charge in [0.15, 0.2) is 0 Å². The Morgan fingerprint density at radius 1 is 1.35 bits per heavy atom. The van der Waals surface area contributed by atoms with Crippen molar-refractivity contribution in [2.45, 2.75) is 45.6 Å². The first-order valence-electron chi connectivity index (χ1n) is 6.52. The molecule has 0 amide bonds. The summed E-state index contributed by atoms with van der Waals surface area (Å²) in [6.07, 6.45) is 5.17. The van der Waals surface area contributed by atoms with E-state index in [2.05, 4.69) is 19.9 Å². The molecule has 2 atom stereocenters. The van der Waals surface area contributed by atoms with Crippen LogP contribution in [0.1, 0.15) is 51.1 Å². The van der Waals surface area contributed by atoms with Gasteiger partial charge in [0.1, 0.15) is 0 Å². The van der Waals surface area contributed by atoms with E-state index < -0.39 is 0 Å². The fraction of sp³-hybridized carbons (Fsp3) is 0.600. The number of rotatable bonds is 2. The Bertz CT molecular complexity index is 386. The molecule has 2 unspecified atom stereocenters. The Hall–Kier alpha value is -0.530. The second kappa shape index (κ2) is 4.99. The molecule has 1 fully saturated rings. The molecule has 0 aromatic heterocycles. The Morgan fingerprint density at radius 3 is 2.76 bits per heavy atom. The Kier molecular flexibility index (Phi) is 3.79. The largest absolute Gasteiger partial charge is 0.324 e. The predicted octanol–water partition coefficient (Wildman–Crippen LogP) is 4.56. The molecule has 2 rings (SSSR count). The van der Waals surface area contributed by atoms with Crippen LogP contribution in [-0.4, -0.2) is 0 Å². The van der Waals surface area contributed by atoms with Gasteiger partial charge < -0.3 is 5.73 Å². The molecule has 0 bridgehead atoms. The maximum Gasteiger partial charge on any atom is 0.0409 e. The lowest BCUT2D eigenvalue weighted by atomic mass is 9.65. The second-order valence-corrected chi connectivity index (χ2v) is 6.36. The van der Waals surface area contributed by atoms with Crippen molar-refractivity contribution in [3.05, 3.63) is 34.9 Å². The zero-order valence-electron chi connectivity index (χ0n) is 10.7. The maximum atomic E-state index is 6.46. The van der Waals surface area contributed by atoms with Crippen molar-refractivity contribution in [2.24, 2.45) is 17.1 Å². The molecule has 1 nitrogen and oxygen atoms in total. The molecule has 1 aliphatic carbocycles. The van der Waals surface area contributed by atoms with Gasteiger partial charge in [-0.25, -0.2) is 0 Å². The van der Waals surface area contributed by atoms with Crippen LogP contribution >= 0.6 is 11.6 Å². The summed E-state index contributed by atoms with van der Waals surface area (Å²) >= 11 is 6.04. The van der Waals surface area contributed by atoms with Crippen molar-refractivity contribution in [3.8, 4) is 0 Å². The van der Waals surface area contributed by atoms with E-state index in [1.54, 1.807) is 0 Å². The quantitative estimate of drug-likeness (QED) is 0.820. The highest BCUT2D eigenvalue weighted by Gasteiger charge is 2.36. The fourth-order valence-corrected chi connectivity index (χ4v) is 3.33. The number of benzene rings is 1. The average molecular weight is 252 g/mol. The van der Waals surface area contributed by atoms with E-state index in [0.717, 1.165) is 5.02 Å². The zero-order valence-corrected chi connectivity index (χ0v) is 11.5. The van der Waals surface area contributed by atoms with Gasteiger partial charge in [0.2, 0.25) is 0 Å². The van der Waals surface area contributed by atoms with Gasteiger partial charge in [-0.2, -0.15) is 0 Å². The maximum absolute atomic E-state index is 6.46. The number of nitrogens with two attached hydrogens (primary N) is 1. The summed E-state index contributed by atoms with van der Waals surface area (Å²) in [7, 11) is 0. The van der Waals surface area contributed by atoms with Gasteiger partial charge in [0, 0.05) is 11.1 Å². The third-order valence-corrected chi connectivity index (χ3v) is 4.49. The first kappa shape index (κ1) is 12.9. The molecule has 2 N–H and O–H groups in total. The molecule has 2 heteroatoms. The van der Waals surface area contributed by atoms with Gasteiger partial charge in [-0.05, 0) is 41.9 Å². The van der Waals surface area contributed by atoms with E-state index in [4.69, 9.17) is 17.3 Å². The minimum absolute atomic E-state index is 0.115. The summed E-state index contributed by atoms with van der Waals surface area (Å²) < 4.78 is 0. The third-order valence-electron chi connectivity index (χ3n) is 4.26. The molecule has 17 heavy (non-hydrogen) atoms. The standard InChI is InChI=1S/C15H22ClN/c1-15(2)9-4-3-8-13(15)14(17)11-6-5-7-12(16)10-11/h5-7,10,13-14H,3-4,8-9,17H2,1-2H3. The van der Waals surface area contributed by atoms with Crippen LogP contribution in [0.25, 0.3) is 0 Å². The van der Waals surface area contributed by atoms with Crippen LogP contribution in [0.4, 0.5) is 0 Å². The Morgan fingerprint density at radius 2 is 2.12 bits per heavy atom. The van der Waals surface area contributed by atoms with Crippen LogP contribution in [0, 0.1) is 11.3 Å². The highest BCUT2D eigenvalue weighted by atomic mass is 35.5. The van der Waals surface area contributed by atoms with Gasteiger partial charge >= 0.3 is 0 Å². The number of halogens is 1. The van der Waals surface area contributed by atoms with E-state index in [1.807, 2.05) is 18.2 Å². The molecule has 0 heterocycles. The molecule has 1 aromatic carbocycles. The van der Waals surface area contributed by atoms with Gasteiger partial charge in [0.05, 0.1) is 0 Å². The van der Waals surface area contributed by atoms with E-state index in [0.29, 0.717) is 11.3 Å². The van der Waals surface area contributed by atoms with Crippen molar-refractivity contribution in [2.75, 3.05) is 0 Å². The summed E-state index contributed by atoms with van der Waals surface area (Å²) in [6, 6.07) is 8.12. The van der Waals surface area contributed by atoms with Crippen LogP contribution < -0.4 is 5.73 Å². The van der Waals surface area contributed by atoms with Crippen molar-refractivity contribution in [1.82, 2.24) is 0 Å². The fourth-order valence-electron chi connectivity index (χ4n) is 3.13. The molecular formula is C15H22ClN. The molecule has 0 spiro atoms. The van der Waals surface area contributed by atoms with Crippen molar-refractivity contribution < 1.29 is 0 Å². The lowest BCUT2D eigenvalue weighted by Crippen LogP contribution is -2.36. The summed E-state index contributed by atoms with van der Waals surface area (Å²) in [4.78, 5) is 0. The van der Waals surface area contributed by atoms with Gasteiger partial charge in [-0.3, -0.25) is 0 Å². The highest BCUT2D eigenvalue weighted by Crippen LogP contribution is 2.45. The zero-order chi connectivity index (χ0) is 12.5. The first-order valence-corrected chi connectivity index (χ1v) is 6.89. The van der Waals surface area contributed by atoms with E-state index >= 15 is 0 Å². The monoisotopic (exact) mass is 251 g/mol. The SMILES string of the molecule is CC1(C)CCCCC1C(N)c1cccc(Cl)c1. The smallest absolute Gasteiger partial charge is 0.0409 e. The Balaban J connectivity index is 2.21. The van der Waals surface area contributed by atoms with Crippen molar-refractivity contribution in [1.29, 1.82) is 0 Å². The van der Waals surface area contributed by atoms with E-state index in [9.17, 15) is 0 Å². The molecule has 1 saturated carbocycles. The third kappa shape index (κ3) is 2.83. The second-order valence-electron chi connectivity index (χ2n) is 5.92. The predicted molar refractivity (Wildman–Crippen MR) is 74.1 cm³/mol. The minimum Gasteiger partial charge on any atom is -0.324 e. The molecular weight excluding hydrogens is 230 g/mol. The van der Waals surface area contributed by atoms with Crippen LogP contribution in [0.15, 0.2) is 24.3 Å². The van der Waals surface area contributed by atoms with Crippen LogP contribution in [-0.2, 0) is 0 Å². The molecule has 0 saturated heterocycles. The number of hydrogen-bond donors (Lipinski definition) is 1. The molecule has 0 radical (unpaired) electrons. The summed E-state index contributed by atoms with van der Waals surface area (Å²) in [5.41, 5.74) is 7.98. The van der Waals surface area contributed by atoms with Crippen LogP contribution in [0.5, 0.6) is 0 Å². The molecule has 1 aromatic rings. The molecule has 1 aliphatic rings. The number of hydrogen-bond acceptors (Lipinski definition) is 1. The minimum atomic E-state index is 0.115. The van der Waals surface area contributed by atoms with Crippen LogP contribution in [0.3, 0.4) is 0 Å². The topological polar surface area (TPSA) is 26.0 Å². The first-order chi connectivity index (χ1) is 8.00. The normalized spacial score (nSPS) is 25.5. The average Bonchev–Trinajstić information content (AvgIpc) is 2.27. The lowest BCUT2D eigenvalue weighted by molar-refractivity contribution is 0.112. The Labute approximate surface area is 109 Å². The van der Waals surface area contributed by atoms with Crippen LogP contribution in [0.2, 0.25) is 5.02 Å². The summed E-state index contributed by atoms with van der Waals surface area (Å²) in [5, 5.41) is 0.784. The van der Waals surface area contributed by atoms with E-state index in [1.165, 1.54) is 31.2 Å². The summed E-state index contributed by atoms with van der Waals surface area (Å²) in [5.74, 6) is 0.565. The summed E-state index contributed by atoms with van der Waals surface area (Å²) in [6.45, 7) is 4.70. The van der Waals surface area contributed by atoms with Gasteiger partial charge in [-0.15, -0.1) is 0 Å².